The topological polar surface area (TPSA) is 54.4 Å². The summed E-state index contributed by atoms with van der Waals surface area (Å²) in [5.41, 5.74) is 0.560. The van der Waals surface area contributed by atoms with Crippen molar-refractivity contribution >= 4 is 10.1 Å². The van der Waals surface area contributed by atoms with Gasteiger partial charge in [0.1, 0.15) is 0 Å². The Morgan fingerprint density at radius 2 is 2.10 bits per heavy atom. The van der Waals surface area contributed by atoms with E-state index in [0.717, 1.165) is 6.42 Å². The van der Waals surface area contributed by atoms with Crippen LogP contribution in [0.15, 0.2) is 12.2 Å². The highest BCUT2D eigenvalue weighted by atomic mass is 32.2. The average molecular weight is 164 g/mol. The first kappa shape index (κ1) is 9.65. The van der Waals surface area contributed by atoms with Crippen LogP contribution in [0.1, 0.15) is 19.8 Å². The molecule has 0 spiro atoms. The molecule has 0 radical (unpaired) electrons. The van der Waals surface area contributed by atoms with Crippen molar-refractivity contribution in [1.82, 2.24) is 0 Å². The maximum atomic E-state index is 10.2. The summed E-state index contributed by atoms with van der Waals surface area (Å²) in [6, 6.07) is 0. The number of hydrogen-bond acceptors (Lipinski definition) is 2. The van der Waals surface area contributed by atoms with E-state index in [0.29, 0.717) is 12.0 Å². The summed E-state index contributed by atoms with van der Waals surface area (Å²) in [5, 5.41) is 0. The zero-order valence-electron chi connectivity index (χ0n) is 6.00. The molecule has 0 aliphatic heterocycles. The van der Waals surface area contributed by atoms with Crippen molar-refractivity contribution in [2.45, 2.75) is 19.8 Å². The summed E-state index contributed by atoms with van der Waals surface area (Å²) in [6.07, 6.45) is 1.51. The lowest BCUT2D eigenvalue weighted by atomic mass is 10.2. The van der Waals surface area contributed by atoms with E-state index in [9.17, 15) is 8.42 Å². The van der Waals surface area contributed by atoms with Gasteiger partial charge in [0, 0.05) is 0 Å². The molecule has 0 amide bonds. The fourth-order valence-electron chi connectivity index (χ4n) is 0.684. The molecule has 0 fully saturated rings. The lowest BCUT2D eigenvalue weighted by molar-refractivity contribution is 0.485. The van der Waals surface area contributed by atoms with Crippen LogP contribution < -0.4 is 0 Å². The Labute approximate surface area is 61.5 Å². The Morgan fingerprint density at radius 3 is 2.40 bits per heavy atom. The molecule has 0 saturated heterocycles. The van der Waals surface area contributed by atoms with Crippen LogP contribution in [0.4, 0.5) is 0 Å². The van der Waals surface area contributed by atoms with Crippen molar-refractivity contribution in [3.8, 4) is 0 Å². The molecule has 0 aliphatic carbocycles. The van der Waals surface area contributed by atoms with E-state index in [1.165, 1.54) is 0 Å². The van der Waals surface area contributed by atoms with Crippen LogP contribution in [0.3, 0.4) is 0 Å². The Hall–Kier alpha value is -0.350. The molecule has 3 nitrogen and oxygen atoms in total. The molecule has 60 valence electrons. The van der Waals surface area contributed by atoms with Gasteiger partial charge in [-0.05, 0) is 6.42 Å². The highest BCUT2D eigenvalue weighted by Crippen LogP contribution is 2.03. The van der Waals surface area contributed by atoms with E-state index in [1.807, 2.05) is 6.92 Å². The maximum Gasteiger partial charge on any atom is 0.268 e. The molecule has 0 rings (SSSR count). The van der Waals surface area contributed by atoms with Gasteiger partial charge in [0.15, 0.2) is 0 Å². The van der Waals surface area contributed by atoms with E-state index < -0.39 is 10.1 Å². The second-order valence-corrected chi connectivity index (χ2v) is 3.68. The molecule has 0 unspecified atom stereocenters. The summed E-state index contributed by atoms with van der Waals surface area (Å²) >= 11 is 0. The van der Waals surface area contributed by atoms with Gasteiger partial charge in [-0.25, -0.2) is 0 Å². The summed E-state index contributed by atoms with van der Waals surface area (Å²) in [5.74, 6) is -0.305. The Balaban J connectivity index is 3.82. The van der Waals surface area contributed by atoms with Crippen LogP contribution in [-0.4, -0.2) is 18.7 Å². The molecule has 0 aromatic rings. The van der Waals surface area contributed by atoms with E-state index in [4.69, 9.17) is 4.55 Å². The first-order chi connectivity index (χ1) is 4.45. The van der Waals surface area contributed by atoms with Gasteiger partial charge in [-0.1, -0.05) is 25.5 Å². The smallest absolute Gasteiger partial charge is 0.268 e. The zero-order valence-corrected chi connectivity index (χ0v) is 6.82. The molecule has 0 atom stereocenters. The Bertz CT molecular complexity index is 203. The summed E-state index contributed by atoms with van der Waals surface area (Å²) in [7, 11) is -3.85. The second kappa shape index (κ2) is 3.73. The second-order valence-electron chi connectivity index (χ2n) is 2.23. The van der Waals surface area contributed by atoms with Crippen LogP contribution in [0, 0.1) is 0 Å². The predicted octanol–water partition coefficient (Wildman–Crippen LogP) is 1.23. The molecule has 0 aliphatic rings. The number of hydrogen-bond donors (Lipinski definition) is 1. The molecule has 0 aromatic heterocycles. The molecule has 0 bridgehead atoms. The van der Waals surface area contributed by atoms with E-state index in [2.05, 4.69) is 6.58 Å². The average Bonchev–Trinajstić information content (AvgIpc) is 1.59. The van der Waals surface area contributed by atoms with Crippen LogP contribution in [-0.2, 0) is 10.1 Å². The molecule has 4 heteroatoms. The van der Waals surface area contributed by atoms with Gasteiger partial charge in [0.25, 0.3) is 10.1 Å². The van der Waals surface area contributed by atoms with Gasteiger partial charge in [-0.2, -0.15) is 8.42 Å². The SMILES string of the molecule is C=C(CCC)CS(=O)(=O)O. The minimum atomic E-state index is -3.85. The van der Waals surface area contributed by atoms with E-state index in [1.54, 1.807) is 0 Å². The van der Waals surface area contributed by atoms with Crippen LogP contribution in [0.25, 0.3) is 0 Å². The first-order valence-corrected chi connectivity index (χ1v) is 4.68. The molecule has 0 heterocycles. The molecule has 1 N–H and O–H groups in total. The summed E-state index contributed by atoms with van der Waals surface area (Å²) in [4.78, 5) is 0. The highest BCUT2D eigenvalue weighted by Gasteiger charge is 2.05. The van der Waals surface area contributed by atoms with E-state index >= 15 is 0 Å². The minimum Gasteiger partial charge on any atom is -0.285 e. The van der Waals surface area contributed by atoms with Crippen LogP contribution in [0.5, 0.6) is 0 Å². The van der Waals surface area contributed by atoms with Crippen LogP contribution in [0.2, 0.25) is 0 Å². The summed E-state index contributed by atoms with van der Waals surface area (Å²) in [6.45, 7) is 5.42. The Kier molecular flexibility index (Phi) is 3.60. The monoisotopic (exact) mass is 164 g/mol. The van der Waals surface area contributed by atoms with Crippen molar-refractivity contribution in [2.24, 2.45) is 0 Å². The van der Waals surface area contributed by atoms with Gasteiger partial charge in [-0.3, -0.25) is 4.55 Å². The number of rotatable bonds is 4. The molecular formula is C6H12O3S. The molecular weight excluding hydrogens is 152 g/mol. The summed E-state index contributed by atoms with van der Waals surface area (Å²) < 4.78 is 28.7. The van der Waals surface area contributed by atoms with Gasteiger partial charge in [-0.15, -0.1) is 0 Å². The van der Waals surface area contributed by atoms with E-state index in [-0.39, 0.29) is 5.75 Å². The lowest BCUT2D eigenvalue weighted by Crippen LogP contribution is -2.05. The third-order valence-electron chi connectivity index (χ3n) is 0.990. The lowest BCUT2D eigenvalue weighted by Gasteiger charge is -1.98. The molecule has 0 aromatic carbocycles. The normalized spacial score (nSPS) is 11.4. The zero-order chi connectivity index (χ0) is 8.20. The van der Waals surface area contributed by atoms with Crippen molar-refractivity contribution in [3.05, 3.63) is 12.2 Å². The van der Waals surface area contributed by atoms with Crippen molar-refractivity contribution < 1.29 is 13.0 Å². The van der Waals surface area contributed by atoms with Gasteiger partial charge < -0.3 is 0 Å². The fraction of sp³-hybridized carbons (Fsp3) is 0.667. The van der Waals surface area contributed by atoms with Crippen molar-refractivity contribution in [3.63, 3.8) is 0 Å². The Morgan fingerprint density at radius 1 is 1.60 bits per heavy atom. The quantitative estimate of drug-likeness (QED) is 0.502. The first-order valence-electron chi connectivity index (χ1n) is 3.07. The third-order valence-corrected chi connectivity index (χ3v) is 1.76. The third kappa shape index (κ3) is 5.78. The molecule has 10 heavy (non-hydrogen) atoms. The fourth-order valence-corrected chi connectivity index (χ4v) is 1.34. The predicted molar refractivity (Wildman–Crippen MR) is 40.5 cm³/mol. The van der Waals surface area contributed by atoms with Gasteiger partial charge in [0.05, 0.1) is 5.75 Å². The highest BCUT2D eigenvalue weighted by molar-refractivity contribution is 7.85. The van der Waals surface area contributed by atoms with Crippen LogP contribution >= 0.6 is 0 Å². The van der Waals surface area contributed by atoms with Gasteiger partial charge >= 0.3 is 0 Å². The largest absolute Gasteiger partial charge is 0.285 e. The van der Waals surface area contributed by atoms with Crippen molar-refractivity contribution in [2.75, 3.05) is 5.75 Å². The standard InChI is InChI=1S/C6H12O3S/c1-3-4-6(2)5-10(7,8)9/h2-5H2,1H3,(H,7,8,9). The minimum absolute atomic E-state index is 0.305. The van der Waals surface area contributed by atoms with Gasteiger partial charge in [0.2, 0.25) is 0 Å². The maximum absolute atomic E-state index is 10.2. The van der Waals surface area contributed by atoms with Crippen molar-refractivity contribution in [1.29, 1.82) is 0 Å². The molecule has 0 saturated carbocycles.